The van der Waals surface area contributed by atoms with E-state index < -0.39 is 0 Å². The summed E-state index contributed by atoms with van der Waals surface area (Å²) in [6.07, 6.45) is 2.23. The summed E-state index contributed by atoms with van der Waals surface area (Å²) in [5.41, 5.74) is 0.910. The molecule has 2 aromatic heterocycles. The van der Waals surface area contributed by atoms with Crippen molar-refractivity contribution >= 4 is 27.2 Å². The maximum atomic E-state index is 11.6. The van der Waals surface area contributed by atoms with Crippen molar-refractivity contribution < 1.29 is 4.79 Å². The molecule has 0 spiro atoms. The monoisotopic (exact) mass is 219 g/mol. The summed E-state index contributed by atoms with van der Waals surface area (Å²) in [5.74, 6) is 0.335. The Hall–Kier alpha value is -1.22. The number of thiophene rings is 1. The number of fused-ring (bicyclic) bond motifs is 1. The zero-order valence-electron chi connectivity index (χ0n) is 8.86. The first-order valence-corrected chi connectivity index (χ1v) is 5.90. The lowest BCUT2D eigenvalue weighted by molar-refractivity contribution is -0.121. The SMILES string of the molecule is CC(C)C(=O)Cc1nccc2sccc12. The van der Waals surface area contributed by atoms with Crippen LogP contribution in [0.2, 0.25) is 0 Å². The van der Waals surface area contributed by atoms with Crippen LogP contribution in [0.3, 0.4) is 0 Å². The third-order valence-electron chi connectivity index (χ3n) is 2.45. The van der Waals surface area contributed by atoms with Gasteiger partial charge in [-0.25, -0.2) is 0 Å². The third kappa shape index (κ3) is 2.07. The molecule has 0 saturated carbocycles. The summed E-state index contributed by atoms with van der Waals surface area (Å²) in [5, 5.41) is 3.16. The lowest BCUT2D eigenvalue weighted by Crippen LogP contribution is -2.11. The van der Waals surface area contributed by atoms with E-state index in [1.807, 2.05) is 31.4 Å². The molecule has 0 atom stereocenters. The minimum absolute atomic E-state index is 0.0840. The Balaban J connectivity index is 2.35. The number of ketones is 1. The van der Waals surface area contributed by atoms with E-state index in [4.69, 9.17) is 0 Å². The average molecular weight is 219 g/mol. The summed E-state index contributed by atoms with van der Waals surface area (Å²) in [4.78, 5) is 15.9. The Bertz CT molecular complexity index is 487. The molecule has 2 aromatic rings. The molecule has 0 bridgehead atoms. The highest BCUT2D eigenvalue weighted by atomic mass is 32.1. The van der Waals surface area contributed by atoms with Crippen LogP contribution in [-0.4, -0.2) is 10.8 Å². The lowest BCUT2D eigenvalue weighted by atomic mass is 10.0. The zero-order valence-corrected chi connectivity index (χ0v) is 9.67. The zero-order chi connectivity index (χ0) is 10.8. The van der Waals surface area contributed by atoms with Crippen LogP contribution in [0, 0.1) is 5.92 Å². The molecule has 0 saturated heterocycles. The summed E-state index contributed by atoms with van der Waals surface area (Å²) in [6.45, 7) is 3.85. The second-order valence-electron chi connectivity index (χ2n) is 3.89. The average Bonchev–Trinajstić information content (AvgIpc) is 2.66. The van der Waals surface area contributed by atoms with E-state index in [1.54, 1.807) is 17.5 Å². The van der Waals surface area contributed by atoms with E-state index in [2.05, 4.69) is 4.98 Å². The van der Waals surface area contributed by atoms with Gasteiger partial charge in [0, 0.05) is 28.6 Å². The van der Waals surface area contributed by atoms with Crippen LogP contribution in [0.25, 0.3) is 10.1 Å². The molecule has 0 fully saturated rings. The van der Waals surface area contributed by atoms with Gasteiger partial charge in [0.2, 0.25) is 0 Å². The Morgan fingerprint density at radius 2 is 2.27 bits per heavy atom. The van der Waals surface area contributed by atoms with Gasteiger partial charge in [0.15, 0.2) is 0 Å². The van der Waals surface area contributed by atoms with Crippen molar-refractivity contribution in [2.75, 3.05) is 0 Å². The highest BCUT2D eigenvalue weighted by molar-refractivity contribution is 7.17. The van der Waals surface area contributed by atoms with E-state index in [0.717, 1.165) is 11.1 Å². The second-order valence-corrected chi connectivity index (χ2v) is 4.84. The van der Waals surface area contributed by atoms with Crippen molar-refractivity contribution in [2.45, 2.75) is 20.3 Å². The number of carbonyl (C=O) groups excluding carboxylic acids is 1. The van der Waals surface area contributed by atoms with E-state index in [0.29, 0.717) is 6.42 Å². The molecular formula is C12H13NOS. The van der Waals surface area contributed by atoms with Gasteiger partial charge in [-0.3, -0.25) is 9.78 Å². The molecule has 15 heavy (non-hydrogen) atoms. The number of carbonyl (C=O) groups is 1. The molecule has 0 unspecified atom stereocenters. The Labute approximate surface area is 93.0 Å². The number of aromatic nitrogens is 1. The van der Waals surface area contributed by atoms with Gasteiger partial charge >= 0.3 is 0 Å². The second kappa shape index (κ2) is 4.11. The topological polar surface area (TPSA) is 30.0 Å². The molecule has 2 nitrogen and oxygen atoms in total. The van der Waals surface area contributed by atoms with E-state index in [-0.39, 0.29) is 11.7 Å². The fourth-order valence-corrected chi connectivity index (χ4v) is 2.27. The van der Waals surface area contributed by atoms with Crippen molar-refractivity contribution in [2.24, 2.45) is 5.92 Å². The van der Waals surface area contributed by atoms with Gasteiger partial charge in [-0.05, 0) is 17.5 Å². The number of hydrogen-bond acceptors (Lipinski definition) is 3. The van der Waals surface area contributed by atoms with E-state index >= 15 is 0 Å². The lowest BCUT2D eigenvalue weighted by Gasteiger charge is -2.04. The molecule has 0 aromatic carbocycles. The Morgan fingerprint density at radius 3 is 3.00 bits per heavy atom. The molecule has 0 radical (unpaired) electrons. The molecule has 78 valence electrons. The largest absolute Gasteiger partial charge is 0.299 e. The normalized spacial score (nSPS) is 11.1. The molecule has 0 aliphatic carbocycles. The summed E-state index contributed by atoms with van der Waals surface area (Å²) in [7, 11) is 0. The van der Waals surface area contributed by atoms with Crippen molar-refractivity contribution in [1.82, 2.24) is 4.98 Å². The molecule has 0 amide bonds. The Kier molecular flexibility index (Phi) is 2.82. The minimum atomic E-state index is 0.0840. The van der Waals surface area contributed by atoms with Gasteiger partial charge in [-0.2, -0.15) is 0 Å². The van der Waals surface area contributed by atoms with Crippen LogP contribution < -0.4 is 0 Å². The standard InChI is InChI=1S/C12H13NOS/c1-8(2)11(14)7-10-9-4-6-15-12(9)3-5-13-10/h3-6,8H,7H2,1-2H3. The third-order valence-corrected chi connectivity index (χ3v) is 3.33. The number of nitrogens with zero attached hydrogens (tertiary/aromatic N) is 1. The summed E-state index contributed by atoms with van der Waals surface area (Å²) in [6, 6.07) is 4.03. The highest BCUT2D eigenvalue weighted by Gasteiger charge is 2.11. The van der Waals surface area contributed by atoms with Gasteiger partial charge < -0.3 is 0 Å². The first kappa shape index (κ1) is 10.3. The van der Waals surface area contributed by atoms with Crippen LogP contribution in [0.15, 0.2) is 23.7 Å². The number of hydrogen-bond donors (Lipinski definition) is 0. The van der Waals surface area contributed by atoms with Crippen LogP contribution in [0.5, 0.6) is 0 Å². The molecule has 3 heteroatoms. The van der Waals surface area contributed by atoms with Gasteiger partial charge in [0.05, 0.1) is 5.69 Å². The number of Topliss-reactive ketones (excluding diaryl/α,β-unsaturated/α-hetero) is 1. The number of pyridine rings is 1. The van der Waals surface area contributed by atoms with Gasteiger partial charge in [-0.1, -0.05) is 13.8 Å². The van der Waals surface area contributed by atoms with E-state index in [9.17, 15) is 4.79 Å². The van der Waals surface area contributed by atoms with Gasteiger partial charge in [0.1, 0.15) is 5.78 Å². The van der Waals surface area contributed by atoms with Crippen LogP contribution in [0.1, 0.15) is 19.5 Å². The predicted octanol–water partition coefficient (Wildman–Crippen LogP) is 3.06. The van der Waals surface area contributed by atoms with E-state index in [1.165, 1.54) is 4.70 Å². The summed E-state index contributed by atoms with van der Waals surface area (Å²) >= 11 is 1.69. The fourth-order valence-electron chi connectivity index (χ4n) is 1.46. The van der Waals surface area contributed by atoms with Gasteiger partial charge in [-0.15, -0.1) is 11.3 Å². The highest BCUT2D eigenvalue weighted by Crippen LogP contribution is 2.23. The van der Waals surface area contributed by atoms with Crippen molar-refractivity contribution in [1.29, 1.82) is 0 Å². The smallest absolute Gasteiger partial charge is 0.141 e. The summed E-state index contributed by atoms with van der Waals surface area (Å²) < 4.78 is 1.21. The minimum Gasteiger partial charge on any atom is -0.299 e. The van der Waals surface area contributed by atoms with Crippen LogP contribution >= 0.6 is 11.3 Å². The molecular weight excluding hydrogens is 206 g/mol. The van der Waals surface area contributed by atoms with Gasteiger partial charge in [0.25, 0.3) is 0 Å². The predicted molar refractivity (Wildman–Crippen MR) is 63.2 cm³/mol. The fraction of sp³-hybridized carbons (Fsp3) is 0.333. The molecule has 2 heterocycles. The maximum Gasteiger partial charge on any atom is 0.141 e. The first-order valence-electron chi connectivity index (χ1n) is 5.02. The molecule has 0 aliphatic rings. The van der Waals surface area contributed by atoms with Crippen LogP contribution in [-0.2, 0) is 11.2 Å². The quantitative estimate of drug-likeness (QED) is 0.794. The van der Waals surface area contributed by atoms with Crippen molar-refractivity contribution in [3.63, 3.8) is 0 Å². The molecule has 2 rings (SSSR count). The maximum absolute atomic E-state index is 11.6. The number of rotatable bonds is 3. The van der Waals surface area contributed by atoms with Crippen LogP contribution in [0.4, 0.5) is 0 Å². The first-order chi connectivity index (χ1) is 7.18. The van der Waals surface area contributed by atoms with Crippen molar-refractivity contribution in [3.05, 3.63) is 29.4 Å². The molecule has 0 N–H and O–H groups in total. The Morgan fingerprint density at radius 1 is 1.47 bits per heavy atom. The molecule has 0 aliphatic heterocycles. The van der Waals surface area contributed by atoms with Crippen molar-refractivity contribution in [3.8, 4) is 0 Å².